The van der Waals surface area contributed by atoms with Crippen molar-refractivity contribution < 1.29 is 9.18 Å². The molecule has 1 fully saturated rings. The van der Waals surface area contributed by atoms with Crippen LogP contribution in [-0.4, -0.2) is 33.1 Å². The molecule has 0 bridgehead atoms. The van der Waals surface area contributed by atoms with E-state index < -0.39 is 5.54 Å². The number of carbonyl (C=O) groups is 1. The van der Waals surface area contributed by atoms with Gasteiger partial charge in [0.05, 0.1) is 5.69 Å². The van der Waals surface area contributed by atoms with E-state index in [0.29, 0.717) is 5.69 Å². The van der Waals surface area contributed by atoms with Crippen LogP contribution in [0.2, 0.25) is 0 Å². The summed E-state index contributed by atoms with van der Waals surface area (Å²) >= 11 is 0. The molecule has 2 aromatic carbocycles. The third-order valence-electron chi connectivity index (χ3n) is 6.92. The Bertz CT molecular complexity index is 1140. The summed E-state index contributed by atoms with van der Waals surface area (Å²) < 4.78 is 15.8. The Morgan fingerprint density at radius 2 is 1.94 bits per heavy atom. The van der Waals surface area contributed by atoms with Crippen molar-refractivity contribution in [2.24, 2.45) is 0 Å². The molecule has 2 unspecified atom stereocenters. The van der Waals surface area contributed by atoms with Gasteiger partial charge in [-0.05, 0) is 49.4 Å². The highest BCUT2D eigenvalue weighted by atomic mass is 19.1. The van der Waals surface area contributed by atoms with Gasteiger partial charge in [0, 0.05) is 31.0 Å². The largest absolute Gasteiger partial charge is 0.335 e. The molecular formula is C26H29FN4O. The van der Waals surface area contributed by atoms with E-state index in [1.165, 1.54) is 17.7 Å². The maximum absolute atomic E-state index is 14.1. The van der Waals surface area contributed by atoms with Crippen LogP contribution in [0.1, 0.15) is 56.6 Å². The van der Waals surface area contributed by atoms with Gasteiger partial charge in [-0.25, -0.2) is 14.2 Å². The van der Waals surface area contributed by atoms with Crippen molar-refractivity contribution in [3.8, 4) is 0 Å². The van der Waals surface area contributed by atoms with Crippen LogP contribution < -0.4 is 4.90 Å². The van der Waals surface area contributed by atoms with Gasteiger partial charge in [-0.3, -0.25) is 14.4 Å². The van der Waals surface area contributed by atoms with Crippen LogP contribution in [-0.2, 0) is 12.1 Å². The first-order chi connectivity index (χ1) is 15.4. The number of carbonyl (C=O) groups excluding carboxylic acids is 1. The Labute approximate surface area is 188 Å². The molecule has 0 radical (unpaired) electrons. The van der Waals surface area contributed by atoms with Gasteiger partial charge in [-0.2, -0.15) is 0 Å². The number of rotatable bonds is 4. The second kappa shape index (κ2) is 7.85. The summed E-state index contributed by atoms with van der Waals surface area (Å²) in [7, 11) is 0. The highest BCUT2D eigenvalue weighted by molar-refractivity contribution is 5.98. The molecule has 2 aliphatic rings. The molecule has 1 saturated heterocycles. The maximum Gasteiger partial charge on any atom is 0.335 e. The fourth-order valence-electron chi connectivity index (χ4n) is 5.24. The smallest absolute Gasteiger partial charge is 0.296 e. The summed E-state index contributed by atoms with van der Waals surface area (Å²) in [5, 5.41) is 0. The molecule has 1 spiro atoms. The summed E-state index contributed by atoms with van der Waals surface area (Å²) in [5.41, 5.74) is 2.22. The van der Waals surface area contributed by atoms with E-state index in [4.69, 9.17) is 4.98 Å². The number of piperidine rings is 1. The molecule has 0 aliphatic carbocycles. The normalized spacial score (nSPS) is 23.3. The minimum absolute atomic E-state index is 0.145. The fraction of sp³-hybridized carbons (Fsp3) is 0.385. The number of halogens is 1. The van der Waals surface area contributed by atoms with Gasteiger partial charge in [0.25, 0.3) is 0 Å². The van der Waals surface area contributed by atoms with Gasteiger partial charge < -0.3 is 0 Å². The van der Waals surface area contributed by atoms with Crippen LogP contribution in [0.25, 0.3) is 0 Å². The lowest BCUT2D eigenvalue weighted by molar-refractivity contribution is 0.0967. The number of hydrogen-bond acceptors (Lipinski definition) is 3. The average molecular weight is 433 g/mol. The zero-order valence-electron chi connectivity index (χ0n) is 18.8. The summed E-state index contributed by atoms with van der Waals surface area (Å²) in [5.74, 6) is 0.685. The standard InChI is InChI=1S/C26H29FN4O/c1-18(2)23-17-30-24(28-23)26(31(25(30)32)22-11-7-10-21(27)14-22)12-13-29(19(3)15-26)16-20-8-5-4-6-9-20/h4-11,14,17-19H,12-13,15-16H2,1-3H3. The van der Waals surface area contributed by atoms with Crippen molar-refractivity contribution >= 4 is 11.7 Å². The molecule has 6 heteroatoms. The van der Waals surface area contributed by atoms with Gasteiger partial charge in [0.2, 0.25) is 0 Å². The Morgan fingerprint density at radius 3 is 2.62 bits per heavy atom. The van der Waals surface area contributed by atoms with E-state index in [0.717, 1.165) is 37.4 Å². The van der Waals surface area contributed by atoms with E-state index in [1.54, 1.807) is 15.5 Å². The molecule has 3 aromatic rings. The van der Waals surface area contributed by atoms with Crippen LogP contribution in [0.4, 0.5) is 14.9 Å². The molecule has 2 aliphatic heterocycles. The number of anilines is 1. The number of benzene rings is 2. The van der Waals surface area contributed by atoms with Crippen LogP contribution >= 0.6 is 0 Å². The van der Waals surface area contributed by atoms with Crippen molar-refractivity contribution in [2.75, 3.05) is 11.4 Å². The first-order valence-corrected chi connectivity index (χ1v) is 11.4. The first kappa shape index (κ1) is 20.9. The number of aromatic nitrogens is 2. The van der Waals surface area contributed by atoms with Crippen LogP contribution in [0, 0.1) is 5.82 Å². The van der Waals surface area contributed by atoms with Crippen molar-refractivity contribution in [3.05, 3.63) is 83.7 Å². The molecule has 1 amide bonds. The van der Waals surface area contributed by atoms with Crippen molar-refractivity contribution in [1.82, 2.24) is 14.5 Å². The third-order valence-corrected chi connectivity index (χ3v) is 6.92. The molecule has 2 atom stereocenters. The van der Waals surface area contributed by atoms with E-state index in [-0.39, 0.29) is 23.8 Å². The van der Waals surface area contributed by atoms with Crippen LogP contribution in [0.3, 0.4) is 0 Å². The lowest BCUT2D eigenvalue weighted by atomic mass is 9.81. The van der Waals surface area contributed by atoms with Crippen molar-refractivity contribution in [3.63, 3.8) is 0 Å². The lowest BCUT2D eigenvalue weighted by Gasteiger charge is -2.47. The molecule has 166 valence electrons. The van der Waals surface area contributed by atoms with Gasteiger partial charge in [0.1, 0.15) is 17.2 Å². The summed E-state index contributed by atoms with van der Waals surface area (Å²) in [6, 6.07) is 16.9. The number of fused-ring (bicyclic) bond motifs is 2. The quantitative estimate of drug-likeness (QED) is 0.546. The Kier molecular flexibility index (Phi) is 5.13. The van der Waals surface area contributed by atoms with Crippen molar-refractivity contribution in [1.29, 1.82) is 0 Å². The van der Waals surface area contributed by atoms with Gasteiger partial charge >= 0.3 is 6.03 Å². The summed E-state index contributed by atoms with van der Waals surface area (Å²) in [4.78, 5) is 22.8. The number of likely N-dealkylation sites (tertiary alicyclic amines) is 1. The predicted molar refractivity (Wildman–Crippen MR) is 123 cm³/mol. The summed E-state index contributed by atoms with van der Waals surface area (Å²) in [6.45, 7) is 8.10. The SMILES string of the molecule is CC(C)c1cn2c(n1)C1(CCN(Cc3ccccc3)C(C)C1)N(c1cccc(F)c1)C2=O. The van der Waals surface area contributed by atoms with Gasteiger partial charge in [0.15, 0.2) is 0 Å². The second-order valence-corrected chi connectivity index (χ2v) is 9.40. The monoisotopic (exact) mass is 432 g/mol. The van der Waals surface area contributed by atoms with Crippen molar-refractivity contribution in [2.45, 2.75) is 57.7 Å². The third kappa shape index (κ3) is 3.34. The van der Waals surface area contributed by atoms with E-state index in [2.05, 4.69) is 49.9 Å². The Hall–Kier alpha value is -2.99. The minimum Gasteiger partial charge on any atom is -0.296 e. The molecule has 3 heterocycles. The highest BCUT2D eigenvalue weighted by Gasteiger charge is 2.55. The number of hydrogen-bond donors (Lipinski definition) is 0. The molecule has 0 saturated carbocycles. The van der Waals surface area contributed by atoms with E-state index in [1.807, 2.05) is 18.3 Å². The molecule has 5 nitrogen and oxygen atoms in total. The highest BCUT2D eigenvalue weighted by Crippen LogP contribution is 2.48. The average Bonchev–Trinajstić information content (AvgIpc) is 3.30. The second-order valence-electron chi connectivity index (χ2n) is 9.40. The summed E-state index contributed by atoms with van der Waals surface area (Å²) in [6.07, 6.45) is 3.36. The molecular weight excluding hydrogens is 403 g/mol. The van der Waals surface area contributed by atoms with Gasteiger partial charge in [-0.1, -0.05) is 50.2 Å². The number of nitrogens with zero attached hydrogens (tertiary/aromatic N) is 4. The van der Waals surface area contributed by atoms with Gasteiger partial charge in [-0.15, -0.1) is 0 Å². The molecule has 0 N–H and O–H groups in total. The molecule has 5 rings (SSSR count). The van der Waals surface area contributed by atoms with E-state index >= 15 is 0 Å². The molecule has 1 aromatic heterocycles. The topological polar surface area (TPSA) is 41.4 Å². The van der Waals surface area contributed by atoms with Crippen LogP contribution in [0.15, 0.2) is 60.8 Å². The fourth-order valence-corrected chi connectivity index (χ4v) is 5.24. The predicted octanol–water partition coefficient (Wildman–Crippen LogP) is 5.51. The zero-order valence-corrected chi connectivity index (χ0v) is 18.8. The number of imidazole rings is 1. The minimum atomic E-state index is -0.579. The maximum atomic E-state index is 14.1. The van der Waals surface area contributed by atoms with E-state index in [9.17, 15) is 9.18 Å². The van der Waals surface area contributed by atoms with Crippen LogP contribution in [0.5, 0.6) is 0 Å². The number of amides is 1. The zero-order chi connectivity index (χ0) is 22.5. The Morgan fingerprint density at radius 1 is 1.16 bits per heavy atom. The molecule has 32 heavy (non-hydrogen) atoms. The first-order valence-electron chi connectivity index (χ1n) is 11.4. The lowest BCUT2D eigenvalue weighted by Crippen LogP contribution is -2.55. The Balaban J connectivity index is 1.54.